The molecule has 9 heteroatoms. The zero-order chi connectivity index (χ0) is 24.5. The van der Waals surface area contributed by atoms with E-state index in [0.29, 0.717) is 16.2 Å². The van der Waals surface area contributed by atoms with Gasteiger partial charge < -0.3 is 10.1 Å². The number of carbonyl (C=O) groups excluding carboxylic acids is 2. The smallest absolute Gasteiger partial charge is 0.341 e. The minimum Gasteiger partial charge on any atom is -0.465 e. The van der Waals surface area contributed by atoms with Crippen molar-refractivity contribution in [2.24, 2.45) is 0 Å². The van der Waals surface area contributed by atoms with Gasteiger partial charge in [0.1, 0.15) is 17.4 Å². The molecule has 0 aliphatic heterocycles. The van der Waals surface area contributed by atoms with E-state index in [1.165, 1.54) is 30.6 Å². The van der Waals surface area contributed by atoms with Crippen LogP contribution >= 0.6 is 11.3 Å². The van der Waals surface area contributed by atoms with Crippen LogP contribution in [-0.4, -0.2) is 33.8 Å². The monoisotopic (exact) mass is 492 g/mol. The molecule has 3 heterocycles. The maximum absolute atomic E-state index is 13.4. The van der Waals surface area contributed by atoms with Crippen LogP contribution in [0.5, 0.6) is 0 Å². The number of aryl methyl sites for hydroxylation is 2. The SMILES string of the molecule is COC(=O)c1c(NC(=O)Cn2nc(C)c3c(-c4ccc(F)cc4)ccnc32)sc2c1CCCCC2. The molecule has 4 aromatic rings. The van der Waals surface area contributed by atoms with Gasteiger partial charge in [0.05, 0.1) is 18.4 Å². The first kappa shape index (κ1) is 23.2. The van der Waals surface area contributed by atoms with Crippen molar-refractivity contribution in [1.29, 1.82) is 0 Å². The Kier molecular flexibility index (Phi) is 6.34. The highest BCUT2D eigenvalue weighted by molar-refractivity contribution is 7.17. The Morgan fingerprint density at radius 3 is 2.69 bits per heavy atom. The van der Waals surface area contributed by atoms with Crippen molar-refractivity contribution in [3.05, 3.63) is 64.0 Å². The fourth-order valence-corrected chi connectivity index (χ4v) is 6.01. The summed E-state index contributed by atoms with van der Waals surface area (Å²) in [5, 5.41) is 8.82. The van der Waals surface area contributed by atoms with Gasteiger partial charge in [-0.15, -0.1) is 11.3 Å². The number of nitrogens with one attached hydrogen (secondary N) is 1. The van der Waals surface area contributed by atoms with Gasteiger partial charge in [0, 0.05) is 16.5 Å². The third kappa shape index (κ3) is 4.43. The summed E-state index contributed by atoms with van der Waals surface area (Å²) < 4.78 is 20.0. The van der Waals surface area contributed by atoms with Gasteiger partial charge in [-0.2, -0.15) is 5.10 Å². The molecule has 0 unspecified atom stereocenters. The second kappa shape index (κ2) is 9.58. The van der Waals surface area contributed by atoms with E-state index in [9.17, 15) is 14.0 Å². The molecule has 3 aromatic heterocycles. The molecule has 0 radical (unpaired) electrons. The predicted molar refractivity (Wildman–Crippen MR) is 133 cm³/mol. The van der Waals surface area contributed by atoms with Gasteiger partial charge in [-0.3, -0.25) is 4.79 Å². The third-order valence-electron chi connectivity index (χ3n) is 6.32. The quantitative estimate of drug-likeness (QED) is 0.302. The number of nitrogens with zero attached hydrogens (tertiary/aromatic N) is 3. The standard InChI is InChI=1S/C26H25FN4O3S/c1-15-22-18(16-8-10-17(27)11-9-16)12-13-28-24(22)31(30-15)14-21(32)29-25-23(26(33)34-2)19-6-4-3-5-7-20(19)35-25/h8-13H,3-7,14H2,1-2H3,(H,29,32). The average molecular weight is 493 g/mol. The van der Waals surface area contributed by atoms with Crippen molar-refractivity contribution >= 4 is 39.2 Å². The minimum absolute atomic E-state index is 0.0621. The van der Waals surface area contributed by atoms with Crippen LogP contribution < -0.4 is 5.32 Å². The van der Waals surface area contributed by atoms with Crippen LogP contribution in [0, 0.1) is 12.7 Å². The molecule has 180 valence electrons. The number of methoxy groups -OCH3 is 1. The molecule has 0 saturated heterocycles. The molecule has 0 fully saturated rings. The van der Waals surface area contributed by atoms with Crippen LogP contribution in [0.4, 0.5) is 9.39 Å². The second-order valence-electron chi connectivity index (χ2n) is 8.62. The molecule has 0 saturated carbocycles. The number of fused-ring (bicyclic) bond motifs is 2. The van der Waals surface area contributed by atoms with Gasteiger partial charge >= 0.3 is 5.97 Å². The zero-order valence-electron chi connectivity index (χ0n) is 19.6. The van der Waals surface area contributed by atoms with Crippen LogP contribution in [0.1, 0.15) is 45.8 Å². The molecule has 1 aliphatic rings. The van der Waals surface area contributed by atoms with Gasteiger partial charge in [-0.25, -0.2) is 18.9 Å². The van der Waals surface area contributed by atoms with Crippen LogP contribution in [0.2, 0.25) is 0 Å². The molecule has 0 bridgehead atoms. The van der Waals surface area contributed by atoms with E-state index in [-0.39, 0.29) is 18.3 Å². The number of thiophene rings is 1. The molecule has 35 heavy (non-hydrogen) atoms. The van der Waals surface area contributed by atoms with E-state index in [0.717, 1.165) is 64.8 Å². The molecular formula is C26H25FN4O3S. The number of carbonyl (C=O) groups is 2. The van der Waals surface area contributed by atoms with Gasteiger partial charge in [-0.05, 0) is 67.5 Å². The number of pyridine rings is 1. The van der Waals surface area contributed by atoms with E-state index in [1.807, 2.05) is 13.0 Å². The van der Waals surface area contributed by atoms with Crippen molar-refractivity contribution in [3.8, 4) is 11.1 Å². The maximum Gasteiger partial charge on any atom is 0.341 e. The number of amides is 1. The van der Waals surface area contributed by atoms with E-state index in [2.05, 4.69) is 15.4 Å². The van der Waals surface area contributed by atoms with E-state index >= 15 is 0 Å². The van der Waals surface area contributed by atoms with E-state index < -0.39 is 5.97 Å². The molecular weight excluding hydrogens is 467 g/mol. The van der Waals surface area contributed by atoms with Gasteiger partial charge in [-0.1, -0.05) is 18.6 Å². The largest absolute Gasteiger partial charge is 0.465 e. The Balaban J connectivity index is 1.45. The highest BCUT2D eigenvalue weighted by Crippen LogP contribution is 2.38. The summed E-state index contributed by atoms with van der Waals surface area (Å²) in [5.41, 5.74) is 4.47. The molecule has 1 aliphatic carbocycles. The summed E-state index contributed by atoms with van der Waals surface area (Å²) >= 11 is 1.46. The predicted octanol–water partition coefficient (Wildman–Crippen LogP) is 5.30. The lowest BCUT2D eigenvalue weighted by Crippen LogP contribution is -2.20. The molecule has 0 atom stereocenters. The molecule has 1 N–H and O–H groups in total. The minimum atomic E-state index is -0.425. The Hall–Kier alpha value is -3.59. The number of hydrogen-bond acceptors (Lipinski definition) is 6. The fourth-order valence-electron chi connectivity index (χ4n) is 4.71. The highest BCUT2D eigenvalue weighted by Gasteiger charge is 2.26. The van der Waals surface area contributed by atoms with E-state index in [4.69, 9.17) is 4.74 Å². The lowest BCUT2D eigenvalue weighted by Gasteiger charge is -2.08. The number of esters is 1. The number of halogens is 1. The van der Waals surface area contributed by atoms with Crippen LogP contribution in [0.15, 0.2) is 36.5 Å². The highest BCUT2D eigenvalue weighted by atomic mass is 32.1. The number of hydrogen-bond donors (Lipinski definition) is 1. The molecule has 1 amide bonds. The van der Waals surface area contributed by atoms with E-state index in [1.54, 1.807) is 23.0 Å². The van der Waals surface area contributed by atoms with Crippen molar-refractivity contribution in [1.82, 2.24) is 14.8 Å². The fraction of sp³-hybridized carbons (Fsp3) is 0.308. The van der Waals surface area contributed by atoms with Crippen molar-refractivity contribution in [2.45, 2.75) is 45.6 Å². The first-order valence-electron chi connectivity index (χ1n) is 11.6. The maximum atomic E-state index is 13.4. The van der Waals surface area contributed by atoms with Gasteiger partial charge in [0.15, 0.2) is 5.65 Å². The van der Waals surface area contributed by atoms with Crippen molar-refractivity contribution in [3.63, 3.8) is 0 Å². The summed E-state index contributed by atoms with van der Waals surface area (Å²) in [4.78, 5) is 31.3. The average Bonchev–Trinajstić information content (AvgIpc) is 3.25. The molecule has 7 nitrogen and oxygen atoms in total. The van der Waals surface area contributed by atoms with Crippen molar-refractivity contribution < 1.29 is 18.7 Å². The first-order valence-corrected chi connectivity index (χ1v) is 12.4. The third-order valence-corrected chi connectivity index (χ3v) is 7.53. The summed E-state index contributed by atoms with van der Waals surface area (Å²) in [7, 11) is 1.36. The van der Waals surface area contributed by atoms with Crippen LogP contribution in [-0.2, 0) is 28.9 Å². The number of aromatic nitrogens is 3. The zero-order valence-corrected chi connectivity index (χ0v) is 20.4. The topological polar surface area (TPSA) is 86.1 Å². The van der Waals surface area contributed by atoms with Crippen LogP contribution in [0.3, 0.4) is 0 Å². The Bertz CT molecular complexity index is 1420. The summed E-state index contributed by atoms with van der Waals surface area (Å²) in [6.45, 7) is 1.80. The lowest BCUT2D eigenvalue weighted by molar-refractivity contribution is -0.116. The summed E-state index contributed by atoms with van der Waals surface area (Å²) in [5.74, 6) is -1.03. The second-order valence-corrected chi connectivity index (χ2v) is 9.72. The summed E-state index contributed by atoms with van der Waals surface area (Å²) in [6, 6.07) is 8.11. The first-order chi connectivity index (χ1) is 17.0. The van der Waals surface area contributed by atoms with Crippen LogP contribution in [0.25, 0.3) is 22.2 Å². The molecule has 0 spiro atoms. The number of ether oxygens (including phenoxy) is 1. The Labute approximate surface area is 205 Å². The molecule has 5 rings (SSSR count). The van der Waals surface area contributed by atoms with Gasteiger partial charge in [0.2, 0.25) is 5.91 Å². The Morgan fingerprint density at radius 1 is 1.14 bits per heavy atom. The van der Waals surface area contributed by atoms with Crippen molar-refractivity contribution in [2.75, 3.05) is 12.4 Å². The normalized spacial score (nSPS) is 13.3. The number of anilines is 1. The molecule has 1 aromatic carbocycles. The number of rotatable bonds is 5. The summed E-state index contributed by atoms with van der Waals surface area (Å²) in [6.07, 6.45) is 6.58. The van der Waals surface area contributed by atoms with Gasteiger partial charge in [0.25, 0.3) is 0 Å². The number of benzene rings is 1. The Morgan fingerprint density at radius 2 is 1.91 bits per heavy atom. The lowest BCUT2D eigenvalue weighted by atomic mass is 10.0.